The Bertz CT molecular complexity index is 793. The van der Waals surface area contributed by atoms with E-state index in [1.165, 1.54) is 22.3 Å². The highest BCUT2D eigenvalue weighted by atomic mass is 14.8. The van der Waals surface area contributed by atoms with Crippen molar-refractivity contribution in [3.05, 3.63) is 101 Å². The molecule has 0 spiro atoms. The number of fused-ring (bicyclic) bond motifs is 3. The van der Waals surface area contributed by atoms with Gasteiger partial charge in [-0.3, -0.25) is 0 Å². The minimum Gasteiger partial charge on any atom is -0.248 e. The molecule has 100 valence electrons. The van der Waals surface area contributed by atoms with Crippen molar-refractivity contribution in [2.45, 2.75) is 6.42 Å². The molecule has 2 bridgehead atoms. The fourth-order valence-corrected chi connectivity index (χ4v) is 2.76. The van der Waals surface area contributed by atoms with Crippen LogP contribution in [0.3, 0.4) is 0 Å². The van der Waals surface area contributed by atoms with E-state index in [2.05, 4.69) is 72.9 Å². The van der Waals surface area contributed by atoms with Crippen LogP contribution in [0.2, 0.25) is 0 Å². The number of hydrogen-bond acceptors (Lipinski definition) is 1. The summed E-state index contributed by atoms with van der Waals surface area (Å²) in [6.45, 7) is 0. The van der Waals surface area contributed by atoms with Crippen molar-refractivity contribution < 1.29 is 0 Å². The first kappa shape index (κ1) is 12.1. The van der Waals surface area contributed by atoms with Crippen LogP contribution in [-0.2, 0) is 0 Å². The van der Waals surface area contributed by atoms with E-state index in [-0.39, 0.29) is 0 Å². The third kappa shape index (κ3) is 2.38. The Labute approximate surface area is 124 Å². The van der Waals surface area contributed by atoms with E-state index in [1.807, 2.05) is 6.07 Å². The Morgan fingerprint density at radius 1 is 0.810 bits per heavy atom. The second kappa shape index (κ2) is 5.02. The van der Waals surface area contributed by atoms with Gasteiger partial charge in [-0.25, -0.2) is 4.99 Å². The Morgan fingerprint density at radius 3 is 2.48 bits per heavy atom. The summed E-state index contributed by atoms with van der Waals surface area (Å²) in [5.41, 5.74) is 7.10. The molecule has 0 radical (unpaired) electrons. The van der Waals surface area contributed by atoms with Gasteiger partial charge in [0.2, 0.25) is 0 Å². The molecule has 0 atom stereocenters. The second-order valence-electron chi connectivity index (χ2n) is 5.37. The second-order valence-corrected chi connectivity index (χ2v) is 5.37. The van der Waals surface area contributed by atoms with Crippen molar-refractivity contribution in [2.75, 3.05) is 0 Å². The third-order valence-corrected chi connectivity index (χ3v) is 3.83. The maximum atomic E-state index is 4.79. The summed E-state index contributed by atoms with van der Waals surface area (Å²) in [4.78, 5) is 4.79. The van der Waals surface area contributed by atoms with E-state index in [0.29, 0.717) is 0 Å². The molecule has 3 aliphatic rings. The van der Waals surface area contributed by atoms with Crippen LogP contribution >= 0.6 is 0 Å². The molecule has 1 heterocycles. The summed E-state index contributed by atoms with van der Waals surface area (Å²) in [6, 6.07) is 10.3. The highest BCUT2D eigenvalue weighted by molar-refractivity contribution is 6.17. The predicted octanol–water partition coefficient (Wildman–Crippen LogP) is 4.79. The lowest BCUT2D eigenvalue weighted by Gasteiger charge is -2.07. The van der Waals surface area contributed by atoms with Gasteiger partial charge in [0, 0.05) is 11.1 Å². The normalized spacial score (nSPS) is 19.3. The average Bonchev–Trinajstić information content (AvgIpc) is 2.74. The molecule has 0 amide bonds. The molecular weight excluding hydrogens is 254 g/mol. The minimum absolute atomic E-state index is 0.981. The molecule has 0 aromatic heterocycles. The average molecular weight is 269 g/mol. The van der Waals surface area contributed by atoms with Gasteiger partial charge in [-0.1, -0.05) is 60.7 Å². The number of allylic oxidation sites excluding steroid dienone is 11. The molecule has 0 fully saturated rings. The highest BCUT2D eigenvalue weighted by Crippen LogP contribution is 2.30. The predicted molar refractivity (Wildman–Crippen MR) is 89.0 cm³/mol. The van der Waals surface area contributed by atoms with Crippen LogP contribution in [0.5, 0.6) is 0 Å². The van der Waals surface area contributed by atoms with Crippen molar-refractivity contribution in [3.8, 4) is 0 Å². The monoisotopic (exact) mass is 269 g/mol. The Hall–Kier alpha value is -2.67. The summed E-state index contributed by atoms with van der Waals surface area (Å²) < 4.78 is 0. The standard InChI is InChI=1S/C20H15N/c1-2-8-17(9-3-1)20-14-18-13-16-7-5-4-6-15(12-16)10-11-19(18)21-20/h1-11,13-14H,12H2. The molecule has 1 aliphatic heterocycles. The molecular formula is C20H15N. The lowest BCUT2D eigenvalue weighted by molar-refractivity contribution is 1.21. The van der Waals surface area contributed by atoms with Gasteiger partial charge in [0.15, 0.2) is 0 Å². The van der Waals surface area contributed by atoms with Crippen LogP contribution < -0.4 is 0 Å². The van der Waals surface area contributed by atoms with Crippen LogP contribution in [0.1, 0.15) is 12.0 Å². The molecule has 0 unspecified atom stereocenters. The number of nitrogens with zero attached hydrogens (tertiary/aromatic N) is 1. The number of benzene rings is 1. The van der Waals surface area contributed by atoms with Gasteiger partial charge in [-0.05, 0) is 35.8 Å². The molecule has 1 heteroatoms. The first-order chi connectivity index (χ1) is 10.4. The van der Waals surface area contributed by atoms with Crippen molar-refractivity contribution in [3.63, 3.8) is 0 Å². The molecule has 1 aromatic rings. The van der Waals surface area contributed by atoms with Crippen molar-refractivity contribution in [2.24, 2.45) is 4.99 Å². The zero-order valence-electron chi connectivity index (χ0n) is 11.7. The Morgan fingerprint density at radius 2 is 1.62 bits per heavy atom. The molecule has 0 saturated heterocycles. The van der Waals surface area contributed by atoms with Gasteiger partial charge in [-0.2, -0.15) is 0 Å². The summed E-state index contributed by atoms with van der Waals surface area (Å²) >= 11 is 0. The number of hydrogen-bond donors (Lipinski definition) is 0. The lowest BCUT2D eigenvalue weighted by Crippen LogP contribution is -1.97. The van der Waals surface area contributed by atoms with Gasteiger partial charge < -0.3 is 0 Å². The molecule has 0 saturated carbocycles. The summed E-state index contributed by atoms with van der Waals surface area (Å²) in [5, 5.41) is 0. The first-order valence-electron chi connectivity index (χ1n) is 7.21. The maximum Gasteiger partial charge on any atom is 0.0716 e. The van der Waals surface area contributed by atoms with Crippen LogP contribution in [0.4, 0.5) is 0 Å². The van der Waals surface area contributed by atoms with Gasteiger partial charge in [0.05, 0.1) is 11.4 Å². The van der Waals surface area contributed by atoms with Crippen molar-refractivity contribution in [1.82, 2.24) is 0 Å². The number of aliphatic imine (C=N–C) groups is 1. The van der Waals surface area contributed by atoms with Crippen LogP contribution in [-0.4, -0.2) is 5.71 Å². The van der Waals surface area contributed by atoms with E-state index in [4.69, 9.17) is 4.99 Å². The fourth-order valence-electron chi connectivity index (χ4n) is 2.76. The molecule has 0 N–H and O–H groups in total. The van der Waals surface area contributed by atoms with Gasteiger partial charge in [-0.15, -0.1) is 0 Å². The smallest absolute Gasteiger partial charge is 0.0716 e. The minimum atomic E-state index is 0.981. The molecule has 4 rings (SSSR count). The lowest BCUT2D eigenvalue weighted by atomic mass is 9.97. The van der Waals surface area contributed by atoms with Crippen molar-refractivity contribution in [1.29, 1.82) is 0 Å². The van der Waals surface area contributed by atoms with Crippen LogP contribution in [0.25, 0.3) is 5.70 Å². The largest absolute Gasteiger partial charge is 0.248 e. The van der Waals surface area contributed by atoms with E-state index in [1.54, 1.807) is 0 Å². The van der Waals surface area contributed by atoms with Crippen LogP contribution in [0, 0.1) is 0 Å². The fraction of sp³-hybridized carbons (Fsp3) is 0.0500. The van der Waals surface area contributed by atoms with E-state index >= 15 is 0 Å². The Balaban J connectivity index is 1.81. The summed E-state index contributed by atoms with van der Waals surface area (Å²) in [7, 11) is 0. The van der Waals surface area contributed by atoms with Gasteiger partial charge >= 0.3 is 0 Å². The van der Waals surface area contributed by atoms with Crippen molar-refractivity contribution >= 4 is 11.4 Å². The molecule has 1 aromatic carbocycles. The van der Waals surface area contributed by atoms with Gasteiger partial charge in [0.1, 0.15) is 0 Å². The summed E-state index contributed by atoms with van der Waals surface area (Å²) in [5.74, 6) is 0. The van der Waals surface area contributed by atoms with E-state index in [0.717, 1.165) is 17.8 Å². The van der Waals surface area contributed by atoms with Gasteiger partial charge in [0.25, 0.3) is 0 Å². The quantitative estimate of drug-likeness (QED) is 0.695. The summed E-state index contributed by atoms with van der Waals surface area (Å²) in [6.07, 6.45) is 18.3. The highest BCUT2D eigenvalue weighted by Gasteiger charge is 2.16. The van der Waals surface area contributed by atoms with E-state index < -0.39 is 0 Å². The Kier molecular flexibility index (Phi) is 2.89. The first-order valence-corrected chi connectivity index (χ1v) is 7.21. The molecule has 2 aliphatic carbocycles. The zero-order valence-corrected chi connectivity index (χ0v) is 11.7. The number of rotatable bonds is 1. The van der Waals surface area contributed by atoms with Crippen LogP contribution in [0.15, 0.2) is 101 Å². The SMILES string of the molecule is C1=CC=C2C=C3C=C(c4ccccc4)N=C3C=CC(=C1)C2. The molecule has 21 heavy (non-hydrogen) atoms. The zero-order chi connectivity index (χ0) is 14.1. The maximum absolute atomic E-state index is 4.79. The third-order valence-electron chi connectivity index (χ3n) is 3.83. The topological polar surface area (TPSA) is 12.4 Å². The molecule has 1 nitrogen and oxygen atoms in total. The van der Waals surface area contributed by atoms with E-state index in [9.17, 15) is 0 Å².